The molecule has 1 amide bonds. The van der Waals surface area contributed by atoms with Crippen LogP contribution in [0.25, 0.3) is 5.69 Å². The zero-order chi connectivity index (χ0) is 19.7. The molecule has 1 aromatic heterocycles. The number of aromatic nitrogens is 4. The third-order valence-corrected chi connectivity index (χ3v) is 5.22. The molecule has 4 rings (SSSR count). The number of rotatable bonds is 4. The van der Waals surface area contributed by atoms with Crippen LogP contribution in [0.15, 0.2) is 41.1 Å². The second kappa shape index (κ2) is 7.76. The van der Waals surface area contributed by atoms with Crippen LogP contribution in [0.5, 0.6) is 11.5 Å². The van der Waals surface area contributed by atoms with Crippen molar-refractivity contribution in [3.05, 3.63) is 57.3 Å². The normalized spacial score (nSPS) is 15.5. The van der Waals surface area contributed by atoms with Crippen LogP contribution in [0.2, 0.25) is 5.02 Å². The van der Waals surface area contributed by atoms with E-state index in [2.05, 4.69) is 36.8 Å². The standard InChI is InChI=1S/C18H15BrClN5O3/c1-27-17-8-15(25-9-21-23-24-25)13(20)7-12(17)18(26)22-14-4-5-28-16-3-2-10(19)6-11(14)16/h2-3,6-9,14H,4-5H2,1H3,(H,22,26). The molecule has 144 valence electrons. The van der Waals surface area contributed by atoms with Crippen LogP contribution in [0, 0.1) is 0 Å². The molecule has 3 aromatic rings. The number of nitrogens with zero attached hydrogens (tertiary/aromatic N) is 4. The second-order valence-corrected chi connectivity index (χ2v) is 7.43. The molecule has 1 N–H and O–H groups in total. The first-order chi connectivity index (χ1) is 13.6. The van der Waals surface area contributed by atoms with Crippen LogP contribution >= 0.6 is 27.5 Å². The Kier molecular flexibility index (Phi) is 5.19. The van der Waals surface area contributed by atoms with Gasteiger partial charge >= 0.3 is 0 Å². The lowest BCUT2D eigenvalue weighted by Gasteiger charge is -2.27. The highest BCUT2D eigenvalue weighted by Crippen LogP contribution is 2.35. The number of methoxy groups -OCH3 is 1. The number of amides is 1. The average molecular weight is 465 g/mol. The van der Waals surface area contributed by atoms with Crippen molar-refractivity contribution in [3.8, 4) is 17.2 Å². The van der Waals surface area contributed by atoms with Crippen molar-refractivity contribution in [2.45, 2.75) is 12.5 Å². The Morgan fingerprint density at radius 2 is 2.25 bits per heavy atom. The van der Waals surface area contributed by atoms with Gasteiger partial charge in [-0.3, -0.25) is 4.79 Å². The number of carbonyl (C=O) groups excluding carboxylic acids is 1. The largest absolute Gasteiger partial charge is 0.496 e. The van der Waals surface area contributed by atoms with Crippen LogP contribution < -0.4 is 14.8 Å². The zero-order valence-electron chi connectivity index (χ0n) is 14.7. The Labute approximate surface area is 173 Å². The fourth-order valence-electron chi connectivity index (χ4n) is 3.09. The highest BCUT2D eigenvalue weighted by Gasteiger charge is 2.25. The summed E-state index contributed by atoms with van der Waals surface area (Å²) in [6.45, 7) is 0.524. The number of hydrogen-bond acceptors (Lipinski definition) is 6. The van der Waals surface area contributed by atoms with Gasteiger partial charge in [-0.05, 0) is 34.7 Å². The highest BCUT2D eigenvalue weighted by molar-refractivity contribution is 9.10. The molecule has 8 nitrogen and oxygen atoms in total. The van der Waals surface area contributed by atoms with Gasteiger partial charge in [0.15, 0.2) is 0 Å². The van der Waals surface area contributed by atoms with Crippen molar-refractivity contribution in [1.82, 2.24) is 25.5 Å². The molecule has 1 atom stereocenters. The molecule has 0 fully saturated rings. The smallest absolute Gasteiger partial charge is 0.255 e. The summed E-state index contributed by atoms with van der Waals surface area (Å²) in [6.07, 6.45) is 2.07. The van der Waals surface area contributed by atoms with E-state index in [1.807, 2.05) is 18.2 Å². The lowest BCUT2D eigenvalue weighted by Crippen LogP contribution is -2.32. The third kappa shape index (κ3) is 3.55. The number of tetrazole rings is 1. The number of halogens is 2. The number of fused-ring (bicyclic) bond motifs is 1. The van der Waals surface area contributed by atoms with E-state index in [9.17, 15) is 4.79 Å². The van der Waals surface area contributed by atoms with Crippen molar-refractivity contribution in [2.75, 3.05) is 13.7 Å². The van der Waals surface area contributed by atoms with Crippen LogP contribution in [0.4, 0.5) is 0 Å². The van der Waals surface area contributed by atoms with Crippen molar-refractivity contribution in [3.63, 3.8) is 0 Å². The summed E-state index contributed by atoms with van der Waals surface area (Å²) < 4.78 is 13.4. The van der Waals surface area contributed by atoms with Gasteiger partial charge in [-0.1, -0.05) is 27.5 Å². The molecular formula is C18H15BrClN5O3. The lowest BCUT2D eigenvalue weighted by molar-refractivity contribution is 0.0921. The van der Waals surface area contributed by atoms with Crippen LogP contribution in [-0.2, 0) is 0 Å². The van der Waals surface area contributed by atoms with Gasteiger partial charge in [0, 0.05) is 22.5 Å². The summed E-state index contributed by atoms with van der Waals surface area (Å²) in [6, 6.07) is 8.73. The molecule has 1 aliphatic heterocycles. The maximum absolute atomic E-state index is 13.0. The Morgan fingerprint density at radius 1 is 1.39 bits per heavy atom. The quantitative estimate of drug-likeness (QED) is 0.637. The fraction of sp³-hybridized carbons (Fsp3) is 0.222. The van der Waals surface area contributed by atoms with Gasteiger partial charge in [-0.15, -0.1) is 5.10 Å². The minimum Gasteiger partial charge on any atom is -0.496 e. The SMILES string of the molecule is COc1cc(-n2cnnn2)c(Cl)cc1C(=O)NC1CCOc2ccc(Br)cc21. The monoisotopic (exact) mass is 463 g/mol. The third-order valence-electron chi connectivity index (χ3n) is 4.43. The zero-order valence-corrected chi connectivity index (χ0v) is 17.1. The van der Waals surface area contributed by atoms with Crippen molar-refractivity contribution in [2.24, 2.45) is 0 Å². The van der Waals surface area contributed by atoms with Gasteiger partial charge in [-0.2, -0.15) is 4.68 Å². The predicted molar refractivity (Wildman–Crippen MR) is 105 cm³/mol. The predicted octanol–water partition coefficient (Wildman–Crippen LogP) is 3.34. The molecule has 2 heterocycles. The summed E-state index contributed by atoms with van der Waals surface area (Å²) in [4.78, 5) is 13.0. The number of carbonyl (C=O) groups is 1. The van der Waals surface area contributed by atoms with E-state index in [1.54, 1.807) is 12.1 Å². The van der Waals surface area contributed by atoms with E-state index in [0.717, 1.165) is 15.8 Å². The summed E-state index contributed by atoms with van der Waals surface area (Å²) in [5, 5.41) is 14.4. The molecule has 28 heavy (non-hydrogen) atoms. The second-order valence-electron chi connectivity index (χ2n) is 6.10. The van der Waals surface area contributed by atoms with Gasteiger partial charge in [0.05, 0.1) is 36.0 Å². The summed E-state index contributed by atoms with van der Waals surface area (Å²) in [7, 11) is 1.49. The highest BCUT2D eigenvalue weighted by atomic mass is 79.9. The van der Waals surface area contributed by atoms with Gasteiger partial charge < -0.3 is 14.8 Å². The maximum Gasteiger partial charge on any atom is 0.255 e. The molecule has 0 saturated carbocycles. The number of ether oxygens (including phenoxy) is 2. The van der Waals surface area contributed by atoms with E-state index >= 15 is 0 Å². The Balaban J connectivity index is 1.64. The summed E-state index contributed by atoms with van der Waals surface area (Å²) in [5.41, 5.74) is 1.76. The molecular weight excluding hydrogens is 450 g/mol. The van der Waals surface area contributed by atoms with Crippen molar-refractivity contribution < 1.29 is 14.3 Å². The number of nitrogens with one attached hydrogen (secondary N) is 1. The molecule has 1 unspecified atom stereocenters. The average Bonchev–Trinajstić information content (AvgIpc) is 3.22. The Hall–Kier alpha value is -2.65. The molecule has 2 aromatic carbocycles. The van der Waals surface area contributed by atoms with Crippen LogP contribution in [0.3, 0.4) is 0 Å². The molecule has 10 heteroatoms. The van der Waals surface area contributed by atoms with E-state index in [4.69, 9.17) is 21.1 Å². The first-order valence-electron chi connectivity index (χ1n) is 8.41. The van der Waals surface area contributed by atoms with Crippen LogP contribution in [0.1, 0.15) is 28.4 Å². The lowest BCUT2D eigenvalue weighted by atomic mass is 10.00. The minimum absolute atomic E-state index is 0.184. The summed E-state index contributed by atoms with van der Waals surface area (Å²) in [5.74, 6) is 0.840. The first kappa shape index (κ1) is 18.7. The van der Waals surface area contributed by atoms with Crippen molar-refractivity contribution in [1.29, 1.82) is 0 Å². The topological polar surface area (TPSA) is 91.2 Å². The van der Waals surface area contributed by atoms with Crippen molar-refractivity contribution >= 4 is 33.4 Å². The van der Waals surface area contributed by atoms with Gasteiger partial charge in [0.2, 0.25) is 0 Å². The van der Waals surface area contributed by atoms with Gasteiger partial charge in [-0.25, -0.2) is 0 Å². The van der Waals surface area contributed by atoms with Crippen LogP contribution in [-0.4, -0.2) is 39.8 Å². The Bertz CT molecular complexity index is 1030. The van der Waals surface area contributed by atoms with E-state index in [0.29, 0.717) is 35.1 Å². The van der Waals surface area contributed by atoms with Gasteiger partial charge in [0.1, 0.15) is 17.8 Å². The minimum atomic E-state index is -0.292. The molecule has 0 bridgehead atoms. The number of hydrogen-bond donors (Lipinski definition) is 1. The van der Waals surface area contributed by atoms with E-state index in [1.165, 1.54) is 18.1 Å². The molecule has 0 radical (unpaired) electrons. The fourth-order valence-corrected chi connectivity index (χ4v) is 3.72. The molecule has 0 saturated heterocycles. The Morgan fingerprint density at radius 3 is 3.00 bits per heavy atom. The summed E-state index contributed by atoms with van der Waals surface area (Å²) >= 11 is 9.82. The molecule has 1 aliphatic rings. The molecule has 0 spiro atoms. The van der Waals surface area contributed by atoms with Gasteiger partial charge in [0.25, 0.3) is 5.91 Å². The van der Waals surface area contributed by atoms with E-state index in [-0.39, 0.29) is 11.9 Å². The number of benzene rings is 2. The maximum atomic E-state index is 13.0. The molecule has 0 aliphatic carbocycles. The first-order valence-corrected chi connectivity index (χ1v) is 9.58. The van der Waals surface area contributed by atoms with E-state index < -0.39 is 0 Å².